The number of hydrogen-bond donors (Lipinski definition) is 0. The Kier molecular flexibility index (Phi) is 5.28. The lowest BCUT2D eigenvalue weighted by molar-refractivity contribution is -0.143. The molecule has 4 heteroatoms. The first-order chi connectivity index (χ1) is 9.22. The van der Waals surface area contributed by atoms with Crippen molar-refractivity contribution in [2.24, 2.45) is 0 Å². The van der Waals surface area contributed by atoms with E-state index in [4.69, 9.17) is 4.74 Å². The standard InChI is InChI=1S/C15H21NO2S/c1-16(13-8-9-19-11-13)10-14(15(17)18-2)12-6-4-3-5-7-12/h3-7,13-14H,8-11H2,1-2H3. The van der Waals surface area contributed by atoms with Crippen molar-refractivity contribution in [1.82, 2.24) is 4.90 Å². The summed E-state index contributed by atoms with van der Waals surface area (Å²) in [4.78, 5) is 14.3. The second-order valence-corrected chi connectivity index (χ2v) is 6.09. The Morgan fingerprint density at radius 2 is 2.21 bits per heavy atom. The first-order valence-corrected chi connectivity index (χ1v) is 7.78. The smallest absolute Gasteiger partial charge is 0.314 e. The number of esters is 1. The van der Waals surface area contributed by atoms with Crippen LogP contribution in [0.15, 0.2) is 30.3 Å². The van der Waals surface area contributed by atoms with Crippen molar-refractivity contribution < 1.29 is 9.53 Å². The molecule has 0 aliphatic carbocycles. The van der Waals surface area contributed by atoms with Gasteiger partial charge in [0.05, 0.1) is 13.0 Å². The predicted octanol–water partition coefficient (Wildman–Crippen LogP) is 2.38. The van der Waals surface area contributed by atoms with Crippen LogP contribution in [0.25, 0.3) is 0 Å². The second-order valence-electron chi connectivity index (χ2n) is 4.94. The highest BCUT2D eigenvalue weighted by molar-refractivity contribution is 7.99. The summed E-state index contributed by atoms with van der Waals surface area (Å²) in [6.07, 6.45) is 1.21. The third-order valence-corrected chi connectivity index (χ3v) is 4.83. The summed E-state index contributed by atoms with van der Waals surface area (Å²) >= 11 is 1.99. The van der Waals surface area contributed by atoms with Crippen molar-refractivity contribution >= 4 is 17.7 Å². The molecule has 0 bridgehead atoms. The van der Waals surface area contributed by atoms with Crippen LogP contribution in [0.2, 0.25) is 0 Å². The van der Waals surface area contributed by atoms with Gasteiger partial charge >= 0.3 is 5.97 Å². The van der Waals surface area contributed by atoms with Crippen molar-refractivity contribution in [3.8, 4) is 0 Å². The minimum atomic E-state index is -0.193. The monoisotopic (exact) mass is 279 g/mol. The maximum absolute atomic E-state index is 12.0. The number of ether oxygens (including phenoxy) is 1. The van der Waals surface area contributed by atoms with Crippen LogP contribution >= 0.6 is 11.8 Å². The lowest BCUT2D eigenvalue weighted by Gasteiger charge is -2.27. The number of thioether (sulfide) groups is 1. The van der Waals surface area contributed by atoms with Crippen LogP contribution in [0.3, 0.4) is 0 Å². The molecule has 2 unspecified atom stereocenters. The van der Waals surface area contributed by atoms with Crippen molar-refractivity contribution in [2.75, 3.05) is 32.2 Å². The molecule has 1 heterocycles. The molecule has 1 aliphatic heterocycles. The Bertz CT molecular complexity index is 404. The fourth-order valence-corrected chi connectivity index (χ4v) is 3.75. The summed E-state index contributed by atoms with van der Waals surface area (Å²) in [5.41, 5.74) is 1.03. The van der Waals surface area contributed by atoms with E-state index < -0.39 is 0 Å². The molecule has 1 saturated heterocycles. The van der Waals surface area contributed by atoms with Crippen molar-refractivity contribution in [2.45, 2.75) is 18.4 Å². The largest absolute Gasteiger partial charge is 0.469 e. The zero-order valence-electron chi connectivity index (χ0n) is 11.5. The maximum atomic E-state index is 12.0. The van der Waals surface area contributed by atoms with Gasteiger partial charge < -0.3 is 9.64 Å². The summed E-state index contributed by atoms with van der Waals surface area (Å²) in [7, 11) is 3.57. The average molecular weight is 279 g/mol. The van der Waals surface area contributed by atoms with E-state index in [2.05, 4.69) is 11.9 Å². The zero-order valence-corrected chi connectivity index (χ0v) is 12.4. The van der Waals surface area contributed by atoms with Crippen LogP contribution in [-0.2, 0) is 9.53 Å². The van der Waals surface area contributed by atoms with Gasteiger partial charge in [-0.25, -0.2) is 0 Å². The lowest BCUT2D eigenvalue weighted by Crippen LogP contribution is -2.37. The van der Waals surface area contributed by atoms with Gasteiger partial charge in [-0.3, -0.25) is 4.79 Å². The van der Waals surface area contributed by atoms with Gasteiger partial charge in [-0.2, -0.15) is 11.8 Å². The molecule has 2 atom stereocenters. The number of methoxy groups -OCH3 is 1. The number of benzene rings is 1. The minimum Gasteiger partial charge on any atom is -0.469 e. The number of carbonyl (C=O) groups excluding carboxylic acids is 1. The normalized spacial score (nSPS) is 20.5. The van der Waals surface area contributed by atoms with E-state index in [9.17, 15) is 4.79 Å². The third kappa shape index (κ3) is 3.74. The van der Waals surface area contributed by atoms with E-state index in [1.165, 1.54) is 25.0 Å². The number of carbonyl (C=O) groups is 1. The molecule has 3 nitrogen and oxygen atoms in total. The van der Waals surface area contributed by atoms with E-state index in [1.807, 2.05) is 42.1 Å². The highest BCUT2D eigenvalue weighted by Crippen LogP contribution is 2.25. The predicted molar refractivity (Wildman–Crippen MR) is 79.6 cm³/mol. The highest BCUT2D eigenvalue weighted by Gasteiger charge is 2.27. The van der Waals surface area contributed by atoms with Gasteiger partial charge in [0.25, 0.3) is 0 Å². The molecule has 0 amide bonds. The molecule has 1 aromatic rings. The maximum Gasteiger partial charge on any atom is 0.314 e. The number of likely N-dealkylation sites (N-methyl/N-ethyl adjacent to an activating group) is 1. The molecule has 2 rings (SSSR count). The number of hydrogen-bond acceptors (Lipinski definition) is 4. The topological polar surface area (TPSA) is 29.5 Å². The molecular formula is C15H21NO2S. The zero-order chi connectivity index (χ0) is 13.7. The van der Waals surface area contributed by atoms with Gasteiger partial charge in [-0.15, -0.1) is 0 Å². The van der Waals surface area contributed by atoms with E-state index in [1.54, 1.807) is 0 Å². The van der Waals surface area contributed by atoms with Gasteiger partial charge in [-0.05, 0) is 24.8 Å². The van der Waals surface area contributed by atoms with Crippen LogP contribution < -0.4 is 0 Å². The Morgan fingerprint density at radius 3 is 2.79 bits per heavy atom. The molecular weight excluding hydrogens is 258 g/mol. The van der Waals surface area contributed by atoms with E-state index in [0.717, 1.165) is 12.1 Å². The molecule has 1 fully saturated rings. The van der Waals surface area contributed by atoms with Gasteiger partial charge in [0.1, 0.15) is 0 Å². The highest BCUT2D eigenvalue weighted by atomic mass is 32.2. The van der Waals surface area contributed by atoms with E-state index in [0.29, 0.717) is 6.04 Å². The first kappa shape index (κ1) is 14.4. The molecule has 0 spiro atoms. The Morgan fingerprint density at radius 1 is 1.47 bits per heavy atom. The first-order valence-electron chi connectivity index (χ1n) is 6.63. The van der Waals surface area contributed by atoms with Gasteiger partial charge in [0.2, 0.25) is 0 Å². The summed E-state index contributed by atoms with van der Waals surface area (Å²) in [5.74, 6) is 2.05. The molecule has 0 aromatic heterocycles. The minimum absolute atomic E-state index is 0.149. The summed E-state index contributed by atoms with van der Waals surface area (Å²) in [5, 5.41) is 0. The lowest BCUT2D eigenvalue weighted by atomic mass is 9.98. The quantitative estimate of drug-likeness (QED) is 0.774. The van der Waals surface area contributed by atoms with Crippen molar-refractivity contribution in [1.29, 1.82) is 0 Å². The Labute approximate surface area is 119 Å². The van der Waals surface area contributed by atoms with Crippen LogP contribution in [0.1, 0.15) is 17.9 Å². The van der Waals surface area contributed by atoms with E-state index in [-0.39, 0.29) is 11.9 Å². The molecule has 0 radical (unpaired) electrons. The fourth-order valence-electron chi connectivity index (χ4n) is 2.45. The van der Waals surface area contributed by atoms with Gasteiger partial charge in [0.15, 0.2) is 0 Å². The molecule has 0 saturated carbocycles. The van der Waals surface area contributed by atoms with Crippen molar-refractivity contribution in [3.05, 3.63) is 35.9 Å². The third-order valence-electron chi connectivity index (χ3n) is 3.69. The summed E-state index contributed by atoms with van der Waals surface area (Å²) in [6.45, 7) is 0.724. The van der Waals surface area contributed by atoms with Crippen LogP contribution in [0.5, 0.6) is 0 Å². The molecule has 19 heavy (non-hydrogen) atoms. The number of nitrogens with zero attached hydrogens (tertiary/aromatic N) is 1. The van der Waals surface area contributed by atoms with E-state index >= 15 is 0 Å². The Hall–Kier alpha value is -1.00. The van der Waals surface area contributed by atoms with Crippen LogP contribution in [0, 0.1) is 0 Å². The molecule has 1 aromatic carbocycles. The van der Waals surface area contributed by atoms with Crippen LogP contribution in [0.4, 0.5) is 0 Å². The SMILES string of the molecule is COC(=O)C(CN(C)C1CCSC1)c1ccccc1. The molecule has 0 N–H and O–H groups in total. The van der Waals surface area contributed by atoms with Gasteiger partial charge in [0, 0.05) is 18.3 Å². The summed E-state index contributed by atoms with van der Waals surface area (Å²) < 4.78 is 4.96. The van der Waals surface area contributed by atoms with Crippen LogP contribution in [-0.4, -0.2) is 49.1 Å². The fraction of sp³-hybridized carbons (Fsp3) is 0.533. The number of rotatable bonds is 5. The average Bonchev–Trinajstić information content (AvgIpc) is 2.99. The molecule has 1 aliphatic rings. The van der Waals surface area contributed by atoms with Crippen molar-refractivity contribution in [3.63, 3.8) is 0 Å². The molecule has 104 valence electrons. The summed E-state index contributed by atoms with van der Waals surface area (Å²) in [6, 6.07) is 10.5. The second kappa shape index (κ2) is 6.96. The Balaban J connectivity index is 2.08. The van der Waals surface area contributed by atoms with Gasteiger partial charge in [-0.1, -0.05) is 30.3 Å².